The Balaban J connectivity index is 1.74. The number of halogens is 1. The number of fused-ring (bicyclic) bond motifs is 1. The van der Waals surface area contributed by atoms with Crippen molar-refractivity contribution >= 4 is 21.7 Å². The highest BCUT2D eigenvalue weighted by molar-refractivity contribution is 9.10. The van der Waals surface area contributed by atoms with E-state index in [4.69, 9.17) is 15.2 Å². The number of nitrogens with two attached hydrogens (primary N) is 1. The molecule has 5 nitrogen and oxygen atoms in total. The number of nitriles is 1. The molecule has 0 aliphatic heterocycles. The summed E-state index contributed by atoms with van der Waals surface area (Å²) < 4.78 is 12.6. The van der Waals surface area contributed by atoms with Crippen LogP contribution >= 0.6 is 15.9 Å². The summed E-state index contributed by atoms with van der Waals surface area (Å²) in [6, 6.07) is 16.0. The second-order valence-corrected chi connectivity index (χ2v) is 8.44. The molecule has 0 fully saturated rings. The fourth-order valence-corrected chi connectivity index (χ4v) is 4.51. The summed E-state index contributed by atoms with van der Waals surface area (Å²) in [7, 11) is 1.65. The summed E-state index contributed by atoms with van der Waals surface area (Å²) in [5.41, 5.74) is 11.5. The third-order valence-electron chi connectivity index (χ3n) is 5.66. The Hall–Kier alpha value is -3.04. The van der Waals surface area contributed by atoms with Crippen LogP contribution in [0, 0.1) is 11.3 Å². The van der Waals surface area contributed by atoms with Gasteiger partial charge in [-0.1, -0.05) is 30.7 Å². The minimum atomic E-state index is 0.304. The van der Waals surface area contributed by atoms with Gasteiger partial charge >= 0.3 is 0 Å². The van der Waals surface area contributed by atoms with Crippen LogP contribution in [0.1, 0.15) is 41.6 Å². The smallest absolute Gasteiger partial charge is 0.142 e. The first kappa shape index (κ1) is 21.2. The van der Waals surface area contributed by atoms with E-state index < -0.39 is 0 Å². The number of hydrogen-bond donors (Lipinski definition) is 1. The number of nitrogen functional groups attached to an aromatic ring is 1. The van der Waals surface area contributed by atoms with Crippen LogP contribution in [-0.2, 0) is 19.4 Å². The van der Waals surface area contributed by atoms with Crippen molar-refractivity contribution in [2.24, 2.45) is 0 Å². The second kappa shape index (κ2) is 9.40. The molecule has 1 heterocycles. The molecule has 0 spiro atoms. The first-order valence-corrected chi connectivity index (χ1v) is 11.2. The van der Waals surface area contributed by atoms with Crippen molar-refractivity contribution in [3.8, 4) is 28.7 Å². The fourth-order valence-electron chi connectivity index (χ4n) is 4.11. The molecule has 1 aromatic heterocycles. The van der Waals surface area contributed by atoms with Crippen molar-refractivity contribution in [1.82, 2.24) is 4.98 Å². The number of anilines is 1. The molecule has 158 valence electrons. The highest BCUT2D eigenvalue weighted by atomic mass is 79.9. The highest BCUT2D eigenvalue weighted by Gasteiger charge is 2.22. The Morgan fingerprint density at radius 3 is 2.68 bits per heavy atom. The fraction of sp³-hybridized carbons (Fsp3) is 0.280. The Morgan fingerprint density at radius 2 is 1.90 bits per heavy atom. The van der Waals surface area contributed by atoms with E-state index in [0.717, 1.165) is 70.3 Å². The van der Waals surface area contributed by atoms with Crippen LogP contribution in [0.2, 0.25) is 0 Å². The molecule has 4 rings (SSSR count). The van der Waals surface area contributed by atoms with Crippen molar-refractivity contribution in [2.75, 3.05) is 12.8 Å². The van der Waals surface area contributed by atoms with Crippen molar-refractivity contribution < 1.29 is 9.47 Å². The van der Waals surface area contributed by atoms with Gasteiger partial charge in [-0.25, -0.2) is 4.98 Å². The molecule has 31 heavy (non-hydrogen) atoms. The van der Waals surface area contributed by atoms with E-state index in [1.54, 1.807) is 7.11 Å². The molecule has 0 unspecified atom stereocenters. The van der Waals surface area contributed by atoms with Gasteiger partial charge in [-0.2, -0.15) is 5.26 Å². The van der Waals surface area contributed by atoms with E-state index in [1.807, 2.05) is 42.5 Å². The number of aryl methyl sites for hydroxylation is 1. The lowest BCUT2D eigenvalue weighted by Crippen LogP contribution is -2.07. The van der Waals surface area contributed by atoms with Crippen LogP contribution in [0.25, 0.3) is 11.1 Å². The highest BCUT2D eigenvalue weighted by Crippen LogP contribution is 2.38. The van der Waals surface area contributed by atoms with Crippen molar-refractivity contribution in [3.63, 3.8) is 0 Å². The number of methoxy groups -OCH3 is 1. The van der Waals surface area contributed by atoms with Gasteiger partial charge in [-0.05, 0) is 70.9 Å². The van der Waals surface area contributed by atoms with Crippen LogP contribution < -0.4 is 15.2 Å². The van der Waals surface area contributed by atoms with E-state index in [9.17, 15) is 5.26 Å². The van der Waals surface area contributed by atoms with E-state index in [2.05, 4.69) is 27.0 Å². The molecule has 0 bridgehead atoms. The van der Waals surface area contributed by atoms with Crippen molar-refractivity contribution in [2.45, 2.75) is 38.7 Å². The Morgan fingerprint density at radius 1 is 1.10 bits per heavy atom. The van der Waals surface area contributed by atoms with Crippen LogP contribution in [0.4, 0.5) is 5.82 Å². The summed E-state index contributed by atoms with van der Waals surface area (Å²) >= 11 is 3.51. The molecule has 3 aromatic rings. The predicted molar refractivity (Wildman–Crippen MR) is 125 cm³/mol. The molecule has 0 radical (unpaired) electrons. The maximum atomic E-state index is 9.82. The predicted octanol–water partition coefficient (Wildman–Crippen LogP) is 5.82. The number of rotatable bonds is 5. The van der Waals surface area contributed by atoms with Crippen LogP contribution in [0.3, 0.4) is 0 Å². The van der Waals surface area contributed by atoms with Crippen LogP contribution in [0.15, 0.2) is 46.9 Å². The third kappa shape index (κ3) is 4.38. The van der Waals surface area contributed by atoms with Crippen LogP contribution in [-0.4, -0.2) is 12.1 Å². The maximum absolute atomic E-state index is 9.82. The number of ether oxygens (including phenoxy) is 2. The zero-order chi connectivity index (χ0) is 21.8. The molecule has 6 heteroatoms. The van der Waals surface area contributed by atoms with Gasteiger partial charge in [0, 0.05) is 16.8 Å². The Labute approximate surface area is 191 Å². The SMILES string of the molecule is COc1cc(-c2c(C#N)c(N)nc3c2CCCCC3)ccc1COc1ccccc1Br. The van der Waals surface area contributed by atoms with Crippen LogP contribution in [0.5, 0.6) is 11.5 Å². The standard InChI is InChI=1S/C25H24BrN3O2/c1-30-23-13-16(11-12-17(23)15-31-22-10-6-5-8-20(22)26)24-18-7-3-2-4-9-21(18)29-25(28)19(24)14-27/h5-6,8,10-13H,2-4,7,9,15H2,1H3,(H2,28,29). The average Bonchev–Trinajstić information content (AvgIpc) is 3.02. The molecule has 2 N–H and O–H groups in total. The number of hydrogen-bond acceptors (Lipinski definition) is 5. The number of benzene rings is 2. The van der Waals surface area contributed by atoms with Gasteiger partial charge in [-0.15, -0.1) is 0 Å². The average molecular weight is 478 g/mol. The number of nitrogens with zero attached hydrogens (tertiary/aromatic N) is 2. The summed E-state index contributed by atoms with van der Waals surface area (Å²) in [5.74, 6) is 1.79. The van der Waals surface area contributed by atoms with Gasteiger partial charge < -0.3 is 15.2 Å². The number of para-hydroxylation sites is 1. The topological polar surface area (TPSA) is 81.2 Å². The molecular formula is C25H24BrN3O2. The first-order valence-electron chi connectivity index (χ1n) is 10.4. The summed E-state index contributed by atoms with van der Waals surface area (Å²) in [5, 5.41) is 9.82. The molecular weight excluding hydrogens is 454 g/mol. The largest absolute Gasteiger partial charge is 0.496 e. The quantitative estimate of drug-likeness (QED) is 0.468. The maximum Gasteiger partial charge on any atom is 0.142 e. The molecule has 0 saturated carbocycles. The zero-order valence-corrected chi connectivity index (χ0v) is 19.0. The van der Waals surface area contributed by atoms with E-state index in [1.165, 1.54) is 0 Å². The lowest BCUT2D eigenvalue weighted by molar-refractivity contribution is 0.295. The lowest BCUT2D eigenvalue weighted by atomic mass is 9.91. The minimum Gasteiger partial charge on any atom is -0.496 e. The summed E-state index contributed by atoms with van der Waals surface area (Å²) in [6.07, 6.45) is 5.15. The van der Waals surface area contributed by atoms with Gasteiger partial charge in [-0.3, -0.25) is 0 Å². The monoisotopic (exact) mass is 477 g/mol. The Bertz CT molecular complexity index is 1150. The van der Waals surface area contributed by atoms with Gasteiger partial charge in [0.1, 0.15) is 35.6 Å². The van der Waals surface area contributed by atoms with E-state index in [-0.39, 0.29) is 0 Å². The lowest BCUT2D eigenvalue weighted by Gasteiger charge is -2.18. The molecule has 0 atom stereocenters. The number of pyridine rings is 1. The van der Waals surface area contributed by atoms with Gasteiger partial charge in [0.2, 0.25) is 0 Å². The van der Waals surface area contributed by atoms with Gasteiger partial charge in [0.05, 0.1) is 11.6 Å². The van der Waals surface area contributed by atoms with E-state index >= 15 is 0 Å². The second-order valence-electron chi connectivity index (χ2n) is 7.59. The van der Waals surface area contributed by atoms with Gasteiger partial charge in [0.25, 0.3) is 0 Å². The summed E-state index contributed by atoms with van der Waals surface area (Å²) in [4.78, 5) is 4.56. The molecule has 1 aliphatic carbocycles. The Kier molecular flexibility index (Phi) is 6.43. The molecule has 2 aromatic carbocycles. The van der Waals surface area contributed by atoms with E-state index in [0.29, 0.717) is 23.7 Å². The molecule has 0 saturated heterocycles. The molecule has 1 aliphatic rings. The van der Waals surface area contributed by atoms with Crippen molar-refractivity contribution in [1.29, 1.82) is 5.26 Å². The molecule has 0 amide bonds. The normalized spacial score (nSPS) is 13.1. The number of aromatic nitrogens is 1. The minimum absolute atomic E-state index is 0.304. The summed E-state index contributed by atoms with van der Waals surface area (Å²) in [6.45, 7) is 0.369. The third-order valence-corrected chi connectivity index (χ3v) is 6.31. The van der Waals surface area contributed by atoms with Crippen molar-refractivity contribution in [3.05, 3.63) is 69.3 Å². The first-order chi connectivity index (χ1) is 15.1. The van der Waals surface area contributed by atoms with Gasteiger partial charge in [0.15, 0.2) is 0 Å². The zero-order valence-electron chi connectivity index (χ0n) is 17.5.